The largest absolute Gasteiger partial charge is 0.389 e. The molecule has 0 aliphatic heterocycles. The molecule has 0 spiro atoms. The van der Waals surface area contributed by atoms with Gasteiger partial charge in [0.15, 0.2) is 0 Å². The van der Waals surface area contributed by atoms with Crippen molar-refractivity contribution in [3.8, 4) is 0 Å². The Labute approximate surface area is 91.6 Å². The molecule has 0 aromatic carbocycles. The van der Waals surface area contributed by atoms with Crippen molar-refractivity contribution in [1.82, 2.24) is 5.32 Å². The Balaban J connectivity index is 3.25. The Bertz CT molecular complexity index is 125. The fraction of sp³-hybridized carbons (Fsp3) is 1.00. The van der Waals surface area contributed by atoms with Gasteiger partial charge in [-0.05, 0) is 31.4 Å². The zero-order chi connectivity index (χ0) is 10.8. The summed E-state index contributed by atoms with van der Waals surface area (Å²) in [5.74, 6) is 1.82. The minimum absolute atomic E-state index is 0.378. The highest BCUT2D eigenvalue weighted by molar-refractivity contribution is 7.98. The summed E-state index contributed by atoms with van der Waals surface area (Å²) in [5, 5.41) is 12.7. The van der Waals surface area contributed by atoms with Crippen molar-refractivity contribution in [2.75, 3.05) is 38.3 Å². The zero-order valence-electron chi connectivity index (χ0n) is 9.45. The van der Waals surface area contributed by atoms with Crippen LogP contribution in [-0.4, -0.2) is 49.5 Å². The van der Waals surface area contributed by atoms with Crippen molar-refractivity contribution in [2.45, 2.75) is 20.0 Å². The Morgan fingerprint density at radius 3 is 2.71 bits per heavy atom. The van der Waals surface area contributed by atoms with Gasteiger partial charge in [-0.3, -0.25) is 0 Å². The third-order valence-electron chi connectivity index (χ3n) is 1.84. The predicted molar refractivity (Wildman–Crippen MR) is 62.9 cm³/mol. The topological polar surface area (TPSA) is 41.5 Å². The first-order valence-corrected chi connectivity index (χ1v) is 6.55. The first-order chi connectivity index (χ1) is 6.70. The standard InChI is InChI=1S/C10H23NO2S/c1-4-13-7-10(12)6-11-5-9(2)8-14-3/h9-12H,4-8H2,1-3H3. The summed E-state index contributed by atoms with van der Waals surface area (Å²) >= 11 is 1.86. The number of hydrogen-bond acceptors (Lipinski definition) is 4. The average molecular weight is 221 g/mol. The summed E-state index contributed by atoms with van der Waals surface area (Å²) < 4.78 is 5.11. The lowest BCUT2D eigenvalue weighted by molar-refractivity contribution is 0.0426. The van der Waals surface area contributed by atoms with E-state index in [1.807, 2.05) is 18.7 Å². The van der Waals surface area contributed by atoms with Crippen molar-refractivity contribution >= 4 is 11.8 Å². The normalized spacial score (nSPS) is 15.4. The van der Waals surface area contributed by atoms with E-state index >= 15 is 0 Å². The van der Waals surface area contributed by atoms with Gasteiger partial charge in [-0.1, -0.05) is 6.92 Å². The molecule has 4 heteroatoms. The van der Waals surface area contributed by atoms with Crippen LogP contribution in [0.2, 0.25) is 0 Å². The smallest absolute Gasteiger partial charge is 0.0897 e. The van der Waals surface area contributed by atoms with Gasteiger partial charge in [0.05, 0.1) is 12.7 Å². The first-order valence-electron chi connectivity index (χ1n) is 5.16. The lowest BCUT2D eigenvalue weighted by Crippen LogP contribution is -2.33. The lowest BCUT2D eigenvalue weighted by Gasteiger charge is -2.14. The molecule has 0 aliphatic rings. The summed E-state index contributed by atoms with van der Waals surface area (Å²) in [6.45, 7) is 6.82. The third-order valence-corrected chi connectivity index (χ3v) is 2.74. The van der Waals surface area contributed by atoms with Crippen LogP contribution in [0.4, 0.5) is 0 Å². The van der Waals surface area contributed by atoms with Gasteiger partial charge in [0.25, 0.3) is 0 Å². The Hall–Kier alpha value is 0.230. The fourth-order valence-corrected chi connectivity index (χ4v) is 1.84. The van der Waals surface area contributed by atoms with Crippen LogP contribution in [-0.2, 0) is 4.74 Å². The average Bonchev–Trinajstić information content (AvgIpc) is 2.15. The van der Waals surface area contributed by atoms with Gasteiger partial charge in [-0.2, -0.15) is 11.8 Å². The lowest BCUT2D eigenvalue weighted by atomic mass is 10.2. The summed E-state index contributed by atoms with van der Waals surface area (Å²) in [5.41, 5.74) is 0. The maximum Gasteiger partial charge on any atom is 0.0897 e. The first kappa shape index (κ1) is 14.2. The maximum atomic E-state index is 9.43. The molecule has 0 heterocycles. The van der Waals surface area contributed by atoms with Gasteiger partial charge >= 0.3 is 0 Å². The fourth-order valence-electron chi connectivity index (χ4n) is 1.15. The summed E-state index contributed by atoms with van der Waals surface area (Å²) in [6.07, 6.45) is 1.73. The van der Waals surface area contributed by atoms with Crippen LogP contribution in [0, 0.1) is 5.92 Å². The molecule has 0 fully saturated rings. The van der Waals surface area contributed by atoms with E-state index in [2.05, 4.69) is 18.5 Å². The molecule has 2 unspecified atom stereocenters. The van der Waals surface area contributed by atoms with Gasteiger partial charge in [-0.25, -0.2) is 0 Å². The van der Waals surface area contributed by atoms with E-state index in [1.54, 1.807) is 0 Å². The molecule has 3 nitrogen and oxygen atoms in total. The highest BCUT2D eigenvalue weighted by Crippen LogP contribution is 2.02. The maximum absolute atomic E-state index is 9.43. The van der Waals surface area contributed by atoms with Crippen molar-refractivity contribution in [3.05, 3.63) is 0 Å². The van der Waals surface area contributed by atoms with Crippen LogP contribution < -0.4 is 5.32 Å². The van der Waals surface area contributed by atoms with Crippen LogP contribution in [0.5, 0.6) is 0 Å². The number of nitrogens with one attached hydrogen (secondary N) is 1. The number of rotatable bonds is 9. The van der Waals surface area contributed by atoms with E-state index < -0.39 is 0 Å². The molecule has 0 saturated carbocycles. The Morgan fingerprint density at radius 2 is 2.14 bits per heavy atom. The van der Waals surface area contributed by atoms with Crippen molar-refractivity contribution in [2.24, 2.45) is 5.92 Å². The molecule has 86 valence electrons. The molecule has 0 radical (unpaired) electrons. The molecule has 14 heavy (non-hydrogen) atoms. The van der Waals surface area contributed by atoms with Gasteiger partial charge in [0.1, 0.15) is 0 Å². The molecular formula is C10H23NO2S. The quantitative estimate of drug-likeness (QED) is 0.609. The summed E-state index contributed by atoms with van der Waals surface area (Å²) in [7, 11) is 0. The monoisotopic (exact) mass is 221 g/mol. The predicted octanol–water partition coefficient (Wildman–Crippen LogP) is 0.972. The zero-order valence-corrected chi connectivity index (χ0v) is 10.3. The van der Waals surface area contributed by atoms with Crippen LogP contribution in [0.1, 0.15) is 13.8 Å². The van der Waals surface area contributed by atoms with E-state index in [-0.39, 0.29) is 6.10 Å². The van der Waals surface area contributed by atoms with E-state index in [0.717, 1.165) is 12.3 Å². The van der Waals surface area contributed by atoms with E-state index in [4.69, 9.17) is 4.74 Å². The van der Waals surface area contributed by atoms with Gasteiger partial charge in [0, 0.05) is 13.2 Å². The second-order valence-corrected chi connectivity index (χ2v) is 4.44. The number of thioether (sulfide) groups is 1. The number of ether oxygens (including phenoxy) is 1. The minimum atomic E-state index is -0.378. The molecule has 0 saturated heterocycles. The molecule has 2 N–H and O–H groups in total. The summed E-state index contributed by atoms with van der Waals surface area (Å²) in [6, 6.07) is 0. The molecule has 0 rings (SSSR count). The second kappa shape index (κ2) is 9.77. The van der Waals surface area contributed by atoms with Gasteiger partial charge < -0.3 is 15.2 Å². The third kappa shape index (κ3) is 8.81. The SMILES string of the molecule is CCOCC(O)CNCC(C)CSC. The minimum Gasteiger partial charge on any atom is -0.389 e. The molecule has 0 bridgehead atoms. The van der Waals surface area contributed by atoms with Crippen molar-refractivity contribution in [1.29, 1.82) is 0 Å². The van der Waals surface area contributed by atoms with E-state index in [9.17, 15) is 5.11 Å². The van der Waals surface area contributed by atoms with Gasteiger partial charge in [0.2, 0.25) is 0 Å². The molecule has 0 amide bonds. The molecule has 0 aromatic rings. The van der Waals surface area contributed by atoms with Crippen LogP contribution in [0.3, 0.4) is 0 Å². The molecular weight excluding hydrogens is 198 g/mol. The highest BCUT2D eigenvalue weighted by Gasteiger charge is 2.05. The number of aliphatic hydroxyl groups excluding tert-OH is 1. The molecule has 0 aromatic heterocycles. The van der Waals surface area contributed by atoms with Gasteiger partial charge in [-0.15, -0.1) is 0 Å². The van der Waals surface area contributed by atoms with Crippen LogP contribution in [0.25, 0.3) is 0 Å². The van der Waals surface area contributed by atoms with Crippen molar-refractivity contribution in [3.63, 3.8) is 0 Å². The van der Waals surface area contributed by atoms with Crippen molar-refractivity contribution < 1.29 is 9.84 Å². The Kier molecular flexibility index (Phi) is 9.93. The van der Waals surface area contributed by atoms with Crippen LogP contribution in [0.15, 0.2) is 0 Å². The van der Waals surface area contributed by atoms with E-state index in [0.29, 0.717) is 25.7 Å². The number of aliphatic hydroxyl groups is 1. The number of hydrogen-bond donors (Lipinski definition) is 2. The molecule has 2 atom stereocenters. The molecule has 0 aliphatic carbocycles. The second-order valence-electron chi connectivity index (χ2n) is 3.53. The Morgan fingerprint density at radius 1 is 1.43 bits per heavy atom. The highest BCUT2D eigenvalue weighted by atomic mass is 32.2. The summed E-state index contributed by atoms with van der Waals surface area (Å²) in [4.78, 5) is 0. The van der Waals surface area contributed by atoms with E-state index in [1.165, 1.54) is 0 Å². The van der Waals surface area contributed by atoms with Crippen LogP contribution >= 0.6 is 11.8 Å².